The largest absolute Gasteiger partial charge is 0.301 e. The lowest BCUT2D eigenvalue weighted by molar-refractivity contribution is 0.149. The highest BCUT2D eigenvalue weighted by atomic mass is 32.2. The van der Waals surface area contributed by atoms with Gasteiger partial charge in [0.2, 0.25) is 0 Å². The van der Waals surface area contributed by atoms with E-state index >= 15 is 0 Å². The van der Waals surface area contributed by atoms with Gasteiger partial charge in [0.25, 0.3) is 0 Å². The van der Waals surface area contributed by atoms with Crippen molar-refractivity contribution < 1.29 is 0 Å². The van der Waals surface area contributed by atoms with Gasteiger partial charge in [-0.1, -0.05) is 12.2 Å². The molecule has 21 heavy (non-hydrogen) atoms. The molecule has 2 heterocycles. The summed E-state index contributed by atoms with van der Waals surface area (Å²) in [6.07, 6.45) is 6.56. The highest BCUT2D eigenvalue weighted by Crippen LogP contribution is 2.48. The van der Waals surface area contributed by atoms with Crippen LogP contribution in [0, 0.1) is 23.7 Å². The maximum atomic E-state index is 2.76. The number of fused-ring (bicyclic) bond motifs is 2. The molecule has 0 aromatic heterocycles. The third-order valence-corrected chi connectivity index (χ3v) is 7.83. The van der Waals surface area contributed by atoms with Crippen LogP contribution in [-0.4, -0.2) is 72.1 Å². The summed E-state index contributed by atoms with van der Waals surface area (Å²) >= 11 is 4.27. The quantitative estimate of drug-likeness (QED) is 0.733. The molecule has 4 rings (SSSR count). The van der Waals surface area contributed by atoms with E-state index in [1.165, 1.54) is 68.7 Å². The maximum absolute atomic E-state index is 2.76. The Morgan fingerprint density at radius 1 is 0.714 bits per heavy atom. The molecule has 0 N–H and O–H groups in total. The second-order valence-corrected chi connectivity index (χ2v) is 9.55. The Morgan fingerprint density at radius 3 is 1.57 bits per heavy atom. The number of allylic oxidation sites excluding steroid dienone is 2. The van der Waals surface area contributed by atoms with Crippen LogP contribution in [-0.2, 0) is 0 Å². The standard InChI is InChI=1S/C17H28N2S2/c1-2-15-11-14(1)16(12-18-3-7-20-8-4-18)17(15)13-19-5-9-21-10-6-19/h1-2,14-17H,3-13H2/t14?,15?,16-,17-/m1/s1. The second kappa shape index (κ2) is 6.86. The van der Waals surface area contributed by atoms with Gasteiger partial charge in [-0.3, -0.25) is 0 Å². The molecular formula is C17H28N2S2. The highest BCUT2D eigenvalue weighted by molar-refractivity contribution is 7.99. The van der Waals surface area contributed by atoms with Gasteiger partial charge in [-0.25, -0.2) is 0 Å². The molecule has 4 aliphatic rings. The summed E-state index contributed by atoms with van der Waals surface area (Å²) < 4.78 is 0. The van der Waals surface area contributed by atoms with Gasteiger partial charge in [-0.15, -0.1) is 0 Å². The summed E-state index contributed by atoms with van der Waals surface area (Å²) in [6, 6.07) is 0. The molecule has 0 amide bonds. The zero-order valence-corrected chi connectivity index (χ0v) is 14.6. The molecule has 2 unspecified atom stereocenters. The van der Waals surface area contributed by atoms with E-state index in [0.717, 1.165) is 23.7 Å². The predicted octanol–water partition coefficient (Wildman–Crippen LogP) is 2.52. The lowest BCUT2D eigenvalue weighted by Gasteiger charge is -2.38. The Hall–Kier alpha value is 0.360. The van der Waals surface area contributed by atoms with Gasteiger partial charge < -0.3 is 9.80 Å². The molecule has 2 aliphatic carbocycles. The van der Waals surface area contributed by atoms with Crippen molar-refractivity contribution >= 4 is 23.5 Å². The van der Waals surface area contributed by atoms with Gasteiger partial charge >= 0.3 is 0 Å². The van der Waals surface area contributed by atoms with Crippen molar-refractivity contribution in [3.8, 4) is 0 Å². The first-order valence-electron chi connectivity index (χ1n) is 8.69. The smallest absolute Gasteiger partial charge is 0.00728 e. The lowest BCUT2D eigenvalue weighted by Crippen LogP contribution is -2.44. The topological polar surface area (TPSA) is 6.48 Å². The first-order valence-corrected chi connectivity index (χ1v) is 11.0. The van der Waals surface area contributed by atoms with Crippen LogP contribution in [0.5, 0.6) is 0 Å². The third kappa shape index (κ3) is 3.34. The molecule has 2 nitrogen and oxygen atoms in total. The van der Waals surface area contributed by atoms with Crippen LogP contribution in [0.15, 0.2) is 12.2 Å². The van der Waals surface area contributed by atoms with Crippen molar-refractivity contribution in [1.29, 1.82) is 0 Å². The predicted molar refractivity (Wildman–Crippen MR) is 95.2 cm³/mol. The molecule has 118 valence electrons. The van der Waals surface area contributed by atoms with Crippen molar-refractivity contribution in [3.63, 3.8) is 0 Å². The van der Waals surface area contributed by atoms with Crippen LogP contribution in [0.4, 0.5) is 0 Å². The van der Waals surface area contributed by atoms with Crippen LogP contribution in [0.1, 0.15) is 6.42 Å². The van der Waals surface area contributed by atoms with E-state index < -0.39 is 0 Å². The van der Waals surface area contributed by atoms with Crippen molar-refractivity contribution in [1.82, 2.24) is 9.80 Å². The fraction of sp³-hybridized carbons (Fsp3) is 0.882. The highest BCUT2D eigenvalue weighted by Gasteiger charge is 2.45. The monoisotopic (exact) mass is 324 g/mol. The third-order valence-electron chi connectivity index (χ3n) is 5.95. The minimum absolute atomic E-state index is 0.897. The number of hydrogen-bond donors (Lipinski definition) is 0. The van der Waals surface area contributed by atoms with E-state index in [1.54, 1.807) is 0 Å². The van der Waals surface area contributed by atoms with Crippen molar-refractivity contribution in [2.75, 3.05) is 62.3 Å². The SMILES string of the molecule is C1=CC2CC1[C@@H](CN1CCSCC1)[C@@H]2CN1CCSCC1. The molecule has 2 bridgehead atoms. The van der Waals surface area contributed by atoms with Gasteiger partial charge in [-0.05, 0) is 30.1 Å². The summed E-state index contributed by atoms with van der Waals surface area (Å²) in [6.45, 7) is 8.06. The number of hydrogen-bond acceptors (Lipinski definition) is 4. The molecule has 4 atom stereocenters. The first kappa shape index (κ1) is 14.9. The molecule has 2 aliphatic heterocycles. The van der Waals surface area contributed by atoms with E-state index in [0.29, 0.717) is 0 Å². The molecule has 0 radical (unpaired) electrons. The maximum Gasteiger partial charge on any atom is 0.00728 e. The molecule has 3 fully saturated rings. The van der Waals surface area contributed by atoms with Crippen LogP contribution >= 0.6 is 23.5 Å². The van der Waals surface area contributed by atoms with Crippen molar-refractivity contribution in [2.24, 2.45) is 23.7 Å². The Balaban J connectivity index is 1.39. The molecule has 0 aromatic rings. The van der Waals surface area contributed by atoms with Gasteiger partial charge in [0.05, 0.1) is 0 Å². The molecule has 0 spiro atoms. The minimum Gasteiger partial charge on any atom is -0.301 e. The van der Waals surface area contributed by atoms with E-state index in [9.17, 15) is 0 Å². The van der Waals surface area contributed by atoms with Crippen molar-refractivity contribution in [2.45, 2.75) is 6.42 Å². The zero-order chi connectivity index (χ0) is 14.1. The molecule has 2 saturated heterocycles. The van der Waals surface area contributed by atoms with Gasteiger partial charge in [0.15, 0.2) is 0 Å². The molecular weight excluding hydrogens is 296 g/mol. The normalized spacial score (nSPS) is 41.0. The summed E-state index contributed by atoms with van der Waals surface area (Å²) in [5.41, 5.74) is 0. The Labute approximate surface area is 138 Å². The van der Waals surface area contributed by atoms with E-state index in [2.05, 4.69) is 45.5 Å². The van der Waals surface area contributed by atoms with Gasteiger partial charge in [0, 0.05) is 62.3 Å². The van der Waals surface area contributed by atoms with Crippen LogP contribution in [0.25, 0.3) is 0 Å². The zero-order valence-electron chi connectivity index (χ0n) is 13.0. The fourth-order valence-corrected chi connectivity index (χ4v) is 6.69. The lowest BCUT2D eigenvalue weighted by atomic mass is 9.82. The molecule has 4 heteroatoms. The first-order chi connectivity index (χ1) is 10.4. The summed E-state index contributed by atoms with van der Waals surface area (Å²) in [7, 11) is 0. The minimum atomic E-state index is 0.897. The second-order valence-electron chi connectivity index (χ2n) is 7.10. The van der Waals surface area contributed by atoms with E-state index in [-0.39, 0.29) is 0 Å². The molecule has 0 aromatic carbocycles. The fourth-order valence-electron chi connectivity index (χ4n) is 4.73. The van der Waals surface area contributed by atoms with Crippen LogP contribution < -0.4 is 0 Å². The number of nitrogens with zero attached hydrogens (tertiary/aromatic N) is 2. The van der Waals surface area contributed by atoms with Gasteiger partial charge in [-0.2, -0.15) is 23.5 Å². The number of rotatable bonds is 4. The summed E-state index contributed by atoms with van der Waals surface area (Å²) in [5, 5.41) is 0. The molecule has 1 saturated carbocycles. The Bertz CT molecular complexity index is 341. The van der Waals surface area contributed by atoms with Crippen molar-refractivity contribution in [3.05, 3.63) is 12.2 Å². The van der Waals surface area contributed by atoms with E-state index in [4.69, 9.17) is 0 Å². The Kier molecular flexibility index (Phi) is 4.87. The number of thioether (sulfide) groups is 2. The summed E-state index contributed by atoms with van der Waals surface area (Å²) in [4.78, 5) is 5.52. The van der Waals surface area contributed by atoms with Gasteiger partial charge in [0.1, 0.15) is 0 Å². The van der Waals surface area contributed by atoms with Crippen LogP contribution in [0.2, 0.25) is 0 Å². The Morgan fingerprint density at radius 2 is 1.14 bits per heavy atom. The summed E-state index contributed by atoms with van der Waals surface area (Å²) in [5.74, 6) is 9.09. The average molecular weight is 325 g/mol. The van der Waals surface area contributed by atoms with Crippen LogP contribution in [0.3, 0.4) is 0 Å². The van der Waals surface area contributed by atoms with E-state index in [1.807, 2.05) is 0 Å². The average Bonchev–Trinajstić information content (AvgIpc) is 3.13.